The minimum Gasteiger partial charge on any atom is -0.496 e. The molecule has 0 radical (unpaired) electrons. The van der Waals surface area contributed by atoms with Crippen molar-refractivity contribution in [1.82, 2.24) is 0 Å². The number of ether oxygens (including phenoxy) is 2. The quantitative estimate of drug-likeness (QED) is 0.511. The van der Waals surface area contributed by atoms with E-state index in [4.69, 9.17) is 9.47 Å². The van der Waals surface area contributed by atoms with Crippen LogP contribution >= 0.6 is 38.5 Å². The Hall–Kier alpha value is -1.61. The summed E-state index contributed by atoms with van der Waals surface area (Å²) in [5, 5.41) is 2.67. The van der Waals surface area contributed by atoms with Crippen molar-refractivity contribution in [2.24, 2.45) is 0 Å². The molecule has 0 aromatic heterocycles. The molecule has 0 atom stereocenters. The molecule has 2 aromatic carbocycles. The Morgan fingerprint density at radius 2 is 2.00 bits per heavy atom. The van der Waals surface area contributed by atoms with Gasteiger partial charge in [-0.1, -0.05) is 6.07 Å². The summed E-state index contributed by atoms with van der Waals surface area (Å²) in [5.41, 5.74) is 0.991. The average Bonchev–Trinajstić information content (AvgIpc) is 2.52. The maximum atomic E-state index is 11.9. The van der Waals surface area contributed by atoms with Crippen LogP contribution in [0.25, 0.3) is 0 Å². The highest BCUT2D eigenvalue weighted by Crippen LogP contribution is 2.25. The molecule has 0 unspecified atom stereocenters. The van der Waals surface area contributed by atoms with E-state index in [0.717, 1.165) is 3.57 Å². The molecule has 23 heavy (non-hydrogen) atoms. The van der Waals surface area contributed by atoms with Crippen molar-refractivity contribution in [3.05, 3.63) is 56.1 Å². The molecule has 0 aliphatic rings. The number of benzene rings is 2. The number of amides is 1. The van der Waals surface area contributed by atoms with Gasteiger partial charge in [-0.3, -0.25) is 4.79 Å². The molecule has 7 heteroatoms. The van der Waals surface area contributed by atoms with Crippen molar-refractivity contribution in [2.45, 2.75) is 0 Å². The highest BCUT2D eigenvalue weighted by molar-refractivity contribution is 14.1. The van der Waals surface area contributed by atoms with Gasteiger partial charge in [-0.05, 0) is 74.9 Å². The van der Waals surface area contributed by atoms with Crippen molar-refractivity contribution < 1.29 is 19.1 Å². The van der Waals surface area contributed by atoms with E-state index >= 15 is 0 Å². The van der Waals surface area contributed by atoms with Crippen molar-refractivity contribution >= 4 is 56.1 Å². The first kappa shape index (κ1) is 17.7. The van der Waals surface area contributed by atoms with Crippen LogP contribution in [0.4, 0.5) is 5.69 Å². The zero-order valence-corrected chi connectivity index (χ0v) is 15.9. The molecule has 5 nitrogen and oxygen atoms in total. The van der Waals surface area contributed by atoms with Crippen LogP contribution in [-0.4, -0.2) is 25.6 Å². The Balaban J connectivity index is 1.91. The summed E-state index contributed by atoms with van der Waals surface area (Å²) in [7, 11) is 1.53. The largest absolute Gasteiger partial charge is 0.496 e. The van der Waals surface area contributed by atoms with Gasteiger partial charge in [0.2, 0.25) is 0 Å². The van der Waals surface area contributed by atoms with Gasteiger partial charge in [-0.25, -0.2) is 4.79 Å². The lowest BCUT2D eigenvalue weighted by Crippen LogP contribution is -2.21. The predicted octanol–water partition coefficient (Wildman–Crippen LogP) is 3.86. The van der Waals surface area contributed by atoms with Crippen molar-refractivity contribution in [3.8, 4) is 5.75 Å². The lowest BCUT2D eigenvalue weighted by molar-refractivity contribution is -0.119. The monoisotopic (exact) mass is 489 g/mol. The summed E-state index contributed by atoms with van der Waals surface area (Å²) in [6.45, 7) is -0.353. The molecule has 2 rings (SSSR count). The molecule has 0 fully saturated rings. The Kier molecular flexibility index (Phi) is 6.40. The van der Waals surface area contributed by atoms with Crippen LogP contribution in [0.1, 0.15) is 10.4 Å². The number of anilines is 1. The SMILES string of the molecule is COc1ccc(C(=O)OCC(=O)Nc2cccc(I)c2)cc1Br. The smallest absolute Gasteiger partial charge is 0.338 e. The Morgan fingerprint density at radius 3 is 2.65 bits per heavy atom. The number of hydrogen-bond acceptors (Lipinski definition) is 4. The van der Waals surface area contributed by atoms with Crippen molar-refractivity contribution in [3.63, 3.8) is 0 Å². The normalized spacial score (nSPS) is 10.0. The van der Waals surface area contributed by atoms with Crippen LogP contribution in [0.5, 0.6) is 5.75 Å². The molecule has 0 saturated heterocycles. The fourth-order valence-electron chi connectivity index (χ4n) is 1.77. The standard InChI is InChI=1S/C16H13BrINO4/c1-22-14-6-5-10(7-13(14)17)16(21)23-9-15(20)19-12-4-2-3-11(18)8-12/h2-8H,9H2,1H3,(H,19,20). The van der Waals surface area contributed by atoms with Crippen LogP contribution in [-0.2, 0) is 9.53 Å². The molecule has 0 saturated carbocycles. The molecule has 0 aliphatic heterocycles. The van der Waals surface area contributed by atoms with Crippen LogP contribution in [0.15, 0.2) is 46.9 Å². The highest BCUT2D eigenvalue weighted by atomic mass is 127. The topological polar surface area (TPSA) is 64.6 Å². The second kappa shape index (κ2) is 8.30. The van der Waals surface area contributed by atoms with E-state index in [0.29, 0.717) is 21.5 Å². The van der Waals surface area contributed by atoms with Crippen LogP contribution < -0.4 is 10.1 Å². The minimum absolute atomic E-state index is 0.333. The second-order valence-electron chi connectivity index (χ2n) is 4.48. The van der Waals surface area contributed by atoms with Crippen molar-refractivity contribution in [1.29, 1.82) is 0 Å². The first-order valence-corrected chi connectivity index (χ1v) is 8.43. The molecule has 2 aromatic rings. The van der Waals surface area contributed by atoms with E-state index in [2.05, 4.69) is 43.8 Å². The third kappa shape index (κ3) is 5.21. The van der Waals surface area contributed by atoms with Crippen LogP contribution in [0.2, 0.25) is 0 Å². The second-order valence-corrected chi connectivity index (χ2v) is 6.58. The summed E-state index contributed by atoms with van der Waals surface area (Å²) in [4.78, 5) is 23.7. The molecule has 0 bridgehead atoms. The minimum atomic E-state index is -0.578. The predicted molar refractivity (Wildman–Crippen MR) is 98.8 cm³/mol. The van der Waals surface area contributed by atoms with Crippen molar-refractivity contribution in [2.75, 3.05) is 19.0 Å². The van der Waals surface area contributed by atoms with Gasteiger partial charge in [0, 0.05) is 9.26 Å². The van der Waals surface area contributed by atoms with Gasteiger partial charge in [0.05, 0.1) is 17.1 Å². The zero-order chi connectivity index (χ0) is 16.8. The number of carbonyl (C=O) groups excluding carboxylic acids is 2. The lowest BCUT2D eigenvalue weighted by Gasteiger charge is -2.08. The number of esters is 1. The summed E-state index contributed by atoms with van der Waals surface area (Å²) < 4.78 is 11.7. The molecular formula is C16H13BrINO4. The molecule has 1 N–H and O–H groups in total. The van der Waals surface area contributed by atoms with E-state index in [1.165, 1.54) is 7.11 Å². The fourth-order valence-corrected chi connectivity index (χ4v) is 2.85. The summed E-state index contributed by atoms with van der Waals surface area (Å²) in [5.74, 6) is -0.364. The van der Waals surface area contributed by atoms with Gasteiger partial charge >= 0.3 is 5.97 Å². The molecule has 0 heterocycles. The maximum Gasteiger partial charge on any atom is 0.338 e. The third-order valence-electron chi connectivity index (χ3n) is 2.83. The van der Waals surface area contributed by atoms with Gasteiger partial charge in [-0.2, -0.15) is 0 Å². The molecule has 0 aliphatic carbocycles. The average molecular weight is 490 g/mol. The van der Waals surface area contributed by atoms with Crippen LogP contribution in [0, 0.1) is 3.57 Å². The Bertz CT molecular complexity index is 736. The molecule has 120 valence electrons. The number of hydrogen-bond donors (Lipinski definition) is 1. The summed E-state index contributed by atoms with van der Waals surface area (Å²) in [6, 6.07) is 12.1. The number of nitrogens with one attached hydrogen (secondary N) is 1. The van der Waals surface area contributed by atoms with E-state index in [1.807, 2.05) is 18.2 Å². The zero-order valence-electron chi connectivity index (χ0n) is 12.1. The highest BCUT2D eigenvalue weighted by Gasteiger charge is 2.12. The van der Waals surface area contributed by atoms with Crippen LogP contribution in [0.3, 0.4) is 0 Å². The van der Waals surface area contributed by atoms with E-state index in [-0.39, 0.29) is 6.61 Å². The number of halogens is 2. The maximum absolute atomic E-state index is 11.9. The number of carbonyl (C=O) groups is 2. The first-order chi connectivity index (χ1) is 11.0. The Labute approximate surface area is 155 Å². The van der Waals surface area contributed by atoms with Gasteiger partial charge in [0.25, 0.3) is 5.91 Å². The molecular weight excluding hydrogens is 477 g/mol. The van der Waals surface area contributed by atoms with Gasteiger partial charge in [0.1, 0.15) is 5.75 Å². The fraction of sp³-hybridized carbons (Fsp3) is 0.125. The number of methoxy groups -OCH3 is 1. The van der Waals surface area contributed by atoms with E-state index in [9.17, 15) is 9.59 Å². The van der Waals surface area contributed by atoms with Gasteiger partial charge in [0.15, 0.2) is 6.61 Å². The number of rotatable bonds is 5. The Morgan fingerprint density at radius 1 is 1.22 bits per heavy atom. The third-order valence-corrected chi connectivity index (χ3v) is 4.12. The molecule has 1 amide bonds. The molecule has 0 spiro atoms. The summed E-state index contributed by atoms with van der Waals surface area (Å²) in [6.07, 6.45) is 0. The summed E-state index contributed by atoms with van der Waals surface area (Å²) >= 11 is 5.44. The lowest BCUT2D eigenvalue weighted by atomic mass is 10.2. The van der Waals surface area contributed by atoms with Gasteiger partial charge < -0.3 is 14.8 Å². The van der Waals surface area contributed by atoms with Gasteiger partial charge in [-0.15, -0.1) is 0 Å². The first-order valence-electron chi connectivity index (χ1n) is 6.55. The van der Waals surface area contributed by atoms with E-state index < -0.39 is 11.9 Å². The van der Waals surface area contributed by atoms with E-state index in [1.54, 1.807) is 24.3 Å².